The average Bonchev–Trinajstić information content (AvgIpc) is 2.95. The molecule has 222 valence electrons. The molecule has 5 rings (SSSR count). The molecule has 1 spiro atoms. The minimum Gasteiger partial charge on any atom is -0.442 e. The molecule has 1 aromatic carbocycles. The number of carbonyl (C=O) groups is 2. The van der Waals surface area contributed by atoms with Gasteiger partial charge in [0.1, 0.15) is 5.60 Å². The zero-order valence-electron chi connectivity index (χ0n) is 25.1. The molecule has 1 unspecified atom stereocenters. The highest BCUT2D eigenvalue weighted by Gasteiger charge is 2.51. The number of amides is 2. The van der Waals surface area contributed by atoms with E-state index in [2.05, 4.69) is 39.6 Å². The van der Waals surface area contributed by atoms with Crippen LogP contribution in [0.3, 0.4) is 0 Å². The highest BCUT2D eigenvalue weighted by Crippen LogP contribution is 2.44. The van der Waals surface area contributed by atoms with Crippen LogP contribution in [0.4, 0.5) is 4.79 Å². The molecule has 4 aliphatic rings. The largest absolute Gasteiger partial charge is 0.442 e. The standard InChI is InChI=1S/C33H50BrN3O3/c1-4-5-13-27-24-36(23-26-11-7-6-8-12-26)31(39)40-33(27)17-21-37(22-18-33)32(3)15-19-35(20-16-32)30(38)29-25(2)10-9-14-28(29)34/h9-10,14,26-27H,4-8,11-13,15-24H2,1-3H3. The van der Waals surface area contributed by atoms with Gasteiger partial charge in [0.15, 0.2) is 0 Å². The summed E-state index contributed by atoms with van der Waals surface area (Å²) >= 11 is 3.59. The first-order chi connectivity index (χ1) is 19.2. The zero-order chi connectivity index (χ0) is 28.3. The van der Waals surface area contributed by atoms with Gasteiger partial charge in [-0.05, 0) is 79.4 Å². The van der Waals surface area contributed by atoms with Crippen molar-refractivity contribution in [1.29, 1.82) is 0 Å². The molecule has 4 fully saturated rings. The van der Waals surface area contributed by atoms with Crippen molar-refractivity contribution in [2.45, 2.75) is 109 Å². The first-order valence-electron chi connectivity index (χ1n) is 16.0. The van der Waals surface area contributed by atoms with E-state index in [9.17, 15) is 9.59 Å². The number of aryl methyl sites for hydroxylation is 1. The smallest absolute Gasteiger partial charge is 0.410 e. The van der Waals surface area contributed by atoms with Crippen molar-refractivity contribution >= 4 is 27.9 Å². The zero-order valence-corrected chi connectivity index (χ0v) is 26.6. The third-order valence-corrected chi connectivity index (χ3v) is 11.4. The Balaban J connectivity index is 1.19. The quantitative estimate of drug-likeness (QED) is 0.320. The Morgan fingerprint density at radius 1 is 1.05 bits per heavy atom. The van der Waals surface area contributed by atoms with Crippen LogP contribution < -0.4 is 0 Å². The molecule has 40 heavy (non-hydrogen) atoms. The van der Waals surface area contributed by atoms with E-state index in [4.69, 9.17) is 4.74 Å². The van der Waals surface area contributed by atoms with Crippen molar-refractivity contribution in [3.05, 3.63) is 33.8 Å². The minimum absolute atomic E-state index is 0.0628. The Bertz CT molecular complexity index is 1020. The van der Waals surface area contributed by atoms with Gasteiger partial charge in [0.25, 0.3) is 5.91 Å². The van der Waals surface area contributed by atoms with E-state index in [-0.39, 0.29) is 23.1 Å². The van der Waals surface area contributed by atoms with Gasteiger partial charge in [-0.1, -0.05) is 51.2 Å². The Kier molecular flexibility index (Phi) is 9.51. The topological polar surface area (TPSA) is 53.1 Å². The van der Waals surface area contributed by atoms with Gasteiger partial charge in [-0.3, -0.25) is 9.69 Å². The van der Waals surface area contributed by atoms with Crippen LogP contribution in [-0.4, -0.2) is 77.1 Å². The molecule has 2 amide bonds. The number of carbonyl (C=O) groups excluding carboxylic acids is 2. The lowest BCUT2D eigenvalue weighted by molar-refractivity contribution is -0.134. The number of nitrogens with zero attached hydrogens (tertiary/aromatic N) is 3. The molecular weight excluding hydrogens is 566 g/mol. The highest BCUT2D eigenvalue weighted by atomic mass is 79.9. The molecule has 1 atom stereocenters. The van der Waals surface area contributed by atoms with E-state index in [0.717, 1.165) is 87.0 Å². The predicted octanol–water partition coefficient (Wildman–Crippen LogP) is 7.43. The fourth-order valence-electron chi connectivity index (χ4n) is 7.97. The highest BCUT2D eigenvalue weighted by molar-refractivity contribution is 9.10. The Morgan fingerprint density at radius 3 is 2.40 bits per heavy atom. The predicted molar refractivity (Wildman–Crippen MR) is 164 cm³/mol. The molecule has 1 saturated carbocycles. The molecule has 1 aliphatic carbocycles. The number of hydrogen-bond acceptors (Lipinski definition) is 4. The summed E-state index contributed by atoms with van der Waals surface area (Å²) in [6.45, 7) is 11.9. The third-order valence-electron chi connectivity index (χ3n) is 10.8. The van der Waals surface area contributed by atoms with E-state index < -0.39 is 0 Å². The van der Waals surface area contributed by atoms with Gasteiger partial charge in [0.05, 0.1) is 5.56 Å². The molecule has 1 aromatic rings. The second-order valence-electron chi connectivity index (χ2n) is 13.4. The summed E-state index contributed by atoms with van der Waals surface area (Å²) in [7, 11) is 0. The van der Waals surface area contributed by atoms with Crippen LogP contribution in [0.5, 0.6) is 0 Å². The van der Waals surface area contributed by atoms with Crippen molar-refractivity contribution in [2.24, 2.45) is 11.8 Å². The van der Waals surface area contributed by atoms with Gasteiger partial charge in [0, 0.05) is 68.0 Å². The van der Waals surface area contributed by atoms with Crippen LogP contribution in [0.15, 0.2) is 22.7 Å². The van der Waals surface area contributed by atoms with Crippen LogP contribution in [0, 0.1) is 18.8 Å². The Morgan fingerprint density at radius 2 is 1.75 bits per heavy atom. The molecular formula is C33H50BrN3O3. The summed E-state index contributed by atoms with van der Waals surface area (Å²) in [5, 5.41) is 0. The van der Waals surface area contributed by atoms with Gasteiger partial charge in [0.2, 0.25) is 0 Å². The normalized spacial score (nSPS) is 25.7. The lowest BCUT2D eigenvalue weighted by atomic mass is 9.74. The van der Waals surface area contributed by atoms with Gasteiger partial charge in [-0.15, -0.1) is 0 Å². The van der Waals surface area contributed by atoms with Crippen molar-refractivity contribution in [3.8, 4) is 0 Å². The molecule has 6 nitrogen and oxygen atoms in total. The second-order valence-corrected chi connectivity index (χ2v) is 14.2. The van der Waals surface area contributed by atoms with Crippen LogP contribution in [0.1, 0.15) is 107 Å². The maximum absolute atomic E-state index is 13.4. The first kappa shape index (κ1) is 29.9. The summed E-state index contributed by atoms with van der Waals surface area (Å²) in [4.78, 5) is 33.4. The minimum atomic E-state index is -0.310. The average molecular weight is 617 g/mol. The van der Waals surface area contributed by atoms with Crippen LogP contribution in [0.2, 0.25) is 0 Å². The van der Waals surface area contributed by atoms with Crippen molar-refractivity contribution in [3.63, 3.8) is 0 Å². The molecule has 3 saturated heterocycles. The number of rotatable bonds is 7. The molecule has 7 heteroatoms. The fourth-order valence-corrected chi connectivity index (χ4v) is 8.60. The number of unbranched alkanes of at least 4 members (excludes halogenated alkanes) is 1. The number of halogens is 1. The number of hydrogen-bond donors (Lipinski definition) is 0. The molecule has 0 bridgehead atoms. The van der Waals surface area contributed by atoms with E-state index in [1.165, 1.54) is 44.9 Å². The van der Waals surface area contributed by atoms with Crippen LogP contribution in [0.25, 0.3) is 0 Å². The maximum Gasteiger partial charge on any atom is 0.410 e. The van der Waals surface area contributed by atoms with Crippen LogP contribution >= 0.6 is 15.9 Å². The van der Waals surface area contributed by atoms with Crippen molar-refractivity contribution in [2.75, 3.05) is 39.3 Å². The van der Waals surface area contributed by atoms with E-state index in [1.54, 1.807) is 0 Å². The molecule has 0 radical (unpaired) electrons. The fraction of sp³-hybridized carbons (Fsp3) is 0.758. The van der Waals surface area contributed by atoms with E-state index in [0.29, 0.717) is 11.8 Å². The van der Waals surface area contributed by atoms with Gasteiger partial charge in [-0.25, -0.2) is 4.79 Å². The monoisotopic (exact) mass is 615 g/mol. The van der Waals surface area contributed by atoms with Gasteiger partial charge in [-0.2, -0.15) is 0 Å². The van der Waals surface area contributed by atoms with Crippen molar-refractivity contribution < 1.29 is 14.3 Å². The van der Waals surface area contributed by atoms with Gasteiger partial charge < -0.3 is 14.5 Å². The van der Waals surface area contributed by atoms with E-state index >= 15 is 0 Å². The van der Waals surface area contributed by atoms with Crippen LogP contribution in [-0.2, 0) is 4.74 Å². The molecule has 0 aromatic heterocycles. The number of piperidine rings is 2. The summed E-state index contributed by atoms with van der Waals surface area (Å²) in [6.07, 6.45) is 13.7. The summed E-state index contributed by atoms with van der Waals surface area (Å²) in [6, 6.07) is 5.95. The number of benzene rings is 1. The Labute approximate surface area is 250 Å². The molecule has 3 heterocycles. The summed E-state index contributed by atoms with van der Waals surface area (Å²) < 4.78 is 7.35. The van der Waals surface area contributed by atoms with Crippen molar-refractivity contribution in [1.82, 2.24) is 14.7 Å². The Hall–Kier alpha value is -1.60. The first-order valence-corrected chi connectivity index (χ1v) is 16.8. The lowest BCUT2D eigenvalue weighted by Crippen LogP contribution is -2.63. The summed E-state index contributed by atoms with van der Waals surface area (Å²) in [5.41, 5.74) is 1.58. The molecule has 0 N–H and O–H groups in total. The second kappa shape index (κ2) is 12.7. The third kappa shape index (κ3) is 6.25. The number of ether oxygens (including phenoxy) is 1. The SMILES string of the molecule is CCCCC1CN(CC2CCCCC2)C(=O)OC12CCN(C1(C)CCN(C(=O)c3c(C)cccc3Br)CC1)CC2. The summed E-state index contributed by atoms with van der Waals surface area (Å²) in [5.74, 6) is 1.21. The van der Waals surface area contributed by atoms with E-state index in [1.807, 2.05) is 30.0 Å². The maximum atomic E-state index is 13.4. The lowest BCUT2D eigenvalue weighted by Gasteiger charge is -2.55. The van der Waals surface area contributed by atoms with Gasteiger partial charge >= 0.3 is 6.09 Å². The molecule has 3 aliphatic heterocycles. The number of likely N-dealkylation sites (tertiary alicyclic amines) is 2.